The molecule has 1 aliphatic carbocycles. The van der Waals surface area contributed by atoms with Gasteiger partial charge in [-0.2, -0.15) is 0 Å². The van der Waals surface area contributed by atoms with Crippen molar-refractivity contribution in [2.45, 2.75) is 135 Å². The first-order valence-corrected chi connectivity index (χ1v) is 17.4. The third-order valence-corrected chi connectivity index (χ3v) is 8.52. The van der Waals surface area contributed by atoms with E-state index < -0.39 is 9.04 Å². The number of hydrogen-bond donors (Lipinski definition) is 0. The van der Waals surface area contributed by atoms with Gasteiger partial charge >= 0.3 is 0 Å². The second kappa shape index (κ2) is 15.1. The van der Waals surface area contributed by atoms with Gasteiger partial charge in [-0.15, -0.1) is 0 Å². The van der Waals surface area contributed by atoms with Crippen LogP contribution in [0.25, 0.3) is 0 Å². The molecule has 6 nitrogen and oxygen atoms in total. The molecule has 7 heteroatoms. The maximum absolute atomic E-state index is 10.7. The summed E-state index contributed by atoms with van der Waals surface area (Å²) in [6.07, 6.45) is 16.2. The average molecular weight is 525 g/mol. The molecule has 0 spiro atoms. The van der Waals surface area contributed by atoms with Crippen LogP contribution >= 0.6 is 0 Å². The smallest absolute Gasteiger partial charge is 0.171 e. The van der Waals surface area contributed by atoms with E-state index in [-0.39, 0.29) is 48.1 Å². The quantitative estimate of drug-likeness (QED) is 0.124. The molecule has 1 saturated carbocycles. The molecule has 0 aromatic rings. The molecular formula is C29H52O6Si. The summed E-state index contributed by atoms with van der Waals surface area (Å²) >= 11 is 0. The zero-order valence-corrected chi connectivity index (χ0v) is 24.6. The molecule has 0 N–H and O–H groups in total. The Kier molecular flexibility index (Phi) is 12.6. The monoisotopic (exact) mass is 524 g/mol. The van der Waals surface area contributed by atoms with Gasteiger partial charge in [0.25, 0.3) is 0 Å². The molecule has 3 unspecified atom stereocenters. The van der Waals surface area contributed by atoms with Gasteiger partial charge in [0, 0.05) is 32.0 Å². The zero-order valence-electron chi connectivity index (χ0n) is 23.5. The van der Waals surface area contributed by atoms with Gasteiger partial charge in [-0.25, -0.2) is 0 Å². The normalized spacial score (nSPS) is 32.8. The molecule has 2 heterocycles. The molecule has 0 radical (unpaired) electrons. The first kappa shape index (κ1) is 30.0. The first-order valence-electron chi connectivity index (χ1n) is 14.6. The van der Waals surface area contributed by atoms with E-state index in [1.165, 1.54) is 0 Å². The maximum Gasteiger partial charge on any atom is 0.171 e. The molecule has 2 saturated heterocycles. The predicted octanol–water partition coefficient (Wildman–Crippen LogP) is 6.18. The summed E-state index contributed by atoms with van der Waals surface area (Å²) in [4.78, 5) is 10.7. The number of aldehydes is 1. The van der Waals surface area contributed by atoms with Crippen molar-refractivity contribution in [2.24, 2.45) is 17.3 Å². The highest BCUT2D eigenvalue weighted by Crippen LogP contribution is 2.47. The molecule has 0 amide bonds. The zero-order chi connectivity index (χ0) is 26.0. The number of carbonyl (C=O) groups is 1. The Morgan fingerprint density at radius 2 is 1.56 bits per heavy atom. The van der Waals surface area contributed by atoms with Crippen LogP contribution < -0.4 is 0 Å². The summed E-state index contributed by atoms with van der Waals surface area (Å²) in [5.74, 6) is 0.502. The highest BCUT2D eigenvalue weighted by molar-refractivity contribution is 6.48. The fraction of sp³-hybridized carbons (Fsp3) is 0.897. The highest BCUT2D eigenvalue weighted by atomic mass is 28.3. The van der Waals surface area contributed by atoms with E-state index in [1.54, 1.807) is 0 Å². The van der Waals surface area contributed by atoms with E-state index in [9.17, 15) is 4.79 Å². The lowest BCUT2D eigenvalue weighted by Crippen LogP contribution is -2.47. The van der Waals surface area contributed by atoms with Gasteiger partial charge in [0.15, 0.2) is 21.6 Å². The van der Waals surface area contributed by atoms with Crippen molar-refractivity contribution in [1.82, 2.24) is 0 Å². The highest BCUT2D eigenvalue weighted by Gasteiger charge is 2.52. The van der Waals surface area contributed by atoms with Crippen LogP contribution in [0.2, 0.25) is 13.1 Å². The van der Waals surface area contributed by atoms with Gasteiger partial charge in [0.05, 0.1) is 18.3 Å². The minimum atomic E-state index is -1.29. The molecule has 208 valence electrons. The number of unbranched alkanes of at least 4 members (excludes halogenated alkanes) is 2. The predicted molar refractivity (Wildman–Crippen MR) is 145 cm³/mol. The van der Waals surface area contributed by atoms with E-state index in [4.69, 9.17) is 23.4 Å². The third-order valence-electron chi connectivity index (χ3n) is 7.68. The summed E-state index contributed by atoms with van der Waals surface area (Å²) in [7, 11) is -1.29. The van der Waals surface area contributed by atoms with Gasteiger partial charge in [-0.05, 0) is 82.2 Å². The molecule has 7 atom stereocenters. The Morgan fingerprint density at radius 3 is 2.08 bits per heavy atom. The summed E-state index contributed by atoms with van der Waals surface area (Å²) < 4.78 is 32.3. The van der Waals surface area contributed by atoms with Crippen LogP contribution in [0.4, 0.5) is 0 Å². The minimum absolute atomic E-state index is 0.0148. The van der Waals surface area contributed by atoms with E-state index in [2.05, 4.69) is 46.0 Å². The molecule has 3 rings (SSSR count). The van der Waals surface area contributed by atoms with Crippen LogP contribution in [0.15, 0.2) is 12.2 Å². The standard InChI is InChI=1S/C29H52O6Si/c1-29(2,3)28(35-36(4)5)27-22(15-9-7-6-8-12-18-30)23(33-25-16-10-13-19-31-25)21-24(27)34-26-17-11-14-20-32-26/h7,9,18,22-28,36H,6,8,10-17,19-21H2,1-5H3/t22-,23-,24+,25?,26?,27-,28?/m0/s1. The van der Waals surface area contributed by atoms with Crippen LogP contribution in [0.3, 0.4) is 0 Å². The fourth-order valence-corrected chi connectivity index (χ4v) is 7.17. The van der Waals surface area contributed by atoms with Crippen molar-refractivity contribution < 1.29 is 28.2 Å². The molecule has 0 bridgehead atoms. The second-order valence-electron chi connectivity index (χ2n) is 12.2. The maximum atomic E-state index is 10.7. The van der Waals surface area contributed by atoms with Gasteiger partial charge in [0.2, 0.25) is 0 Å². The Bertz CT molecular complexity index is 651. The molecule has 36 heavy (non-hydrogen) atoms. The number of rotatable bonds is 13. The van der Waals surface area contributed by atoms with Crippen molar-refractivity contribution in [1.29, 1.82) is 0 Å². The molecule has 0 aromatic heterocycles. The van der Waals surface area contributed by atoms with Gasteiger partial charge < -0.3 is 28.2 Å². The number of ether oxygens (including phenoxy) is 4. The third kappa shape index (κ3) is 9.32. The van der Waals surface area contributed by atoms with Crippen LogP contribution in [0.5, 0.6) is 0 Å². The molecule has 2 aliphatic heterocycles. The van der Waals surface area contributed by atoms with E-state index in [0.29, 0.717) is 6.42 Å². The van der Waals surface area contributed by atoms with E-state index in [0.717, 1.165) is 83.7 Å². The van der Waals surface area contributed by atoms with Crippen LogP contribution in [0, 0.1) is 17.3 Å². The fourth-order valence-electron chi connectivity index (χ4n) is 6.00. The molecular weight excluding hydrogens is 472 g/mol. The summed E-state index contributed by atoms with van der Waals surface area (Å²) in [5, 5.41) is 0. The largest absolute Gasteiger partial charge is 0.417 e. The van der Waals surface area contributed by atoms with Crippen molar-refractivity contribution in [3.05, 3.63) is 12.2 Å². The van der Waals surface area contributed by atoms with Crippen molar-refractivity contribution >= 4 is 15.3 Å². The average Bonchev–Trinajstić information content (AvgIpc) is 3.16. The van der Waals surface area contributed by atoms with Crippen molar-refractivity contribution in [2.75, 3.05) is 13.2 Å². The minimum Gasteiger partial charge on any atom is -0.417 e. The molecule has 3 fully saturated rings. The lowest BCUT2D eigenvalue weighted by Gasteiger charge is -2.42. The number of hydrogen-bond acceptors (Lipinski definition) is 6. The Hall–Kier alpha value is -0.573. The topological polar surface area (TPSA) is 63.2 Å². The Morgan fingerprint density at radius 1 is 0.917 bits per heavy atom. The molecule has 3 aliphatic rings. The van der Waals surface area contributed by atoms with E-state index in [1.807, 2.05) is 0 Å². The van der Waals surface area contributed by atoms with Crippen molar-refractivity contribution in [3.8, 4) is 0 Å². The van der Waals surface area contributed by atoms with Gasteiger partial charge in [-0.1, -0.05) is 32.9 Å². The van der Waals surface area contributed by atoms with Crippen LogP contribution in [0.1, 0.15) is 91.4 Å². The Labute approximate surface area is 221 Å². The molecule has 0 aromatic carbocycles. The summed E-state index contributed by atoms with van der Waals surface area (Å²) in [6.45, 7) is 13.0. The van der Waals surface area contributed by atoms with Crippen LogP contribution in [-0.4, -0.2) is 59.4 Å². The van der Waals surface area contributed by atoms with Gasteiger partial charge in [0.1, 0.15) is 6.29 Å². The number of carbonyl (C=O) groups excluding carboxylic acids is 1. The van der Waals surface area contributed by atoms with Gasteiger partial charge in [-0.3, -0.25) is 0 Å². The van der Waals surface area contributed by atoms with Crippen molar-refractivity contribution in [3.63, 3.8) is 0 Å². The van der Waals surface area contributed by atoms with Crippen LogP contribution in [-0.2, 0) is 28.2 Å². The second-order valence-corrected chi connectivity index (χ2v) is 14.6. The SMILES string of the molecule is C[SiH](C)OC([C@H]1[C@@H](CC=CCCCC=O)[C@@H](OC2CCCCO2)C[C@H]1OC1CCCCO1)C(C)(C)C. The first-order chi connectivity index (χ1) is 17.3. The Balaban J connectivity index is 1.85. The lowest BCUT2D eigenvalue weighted by atomic mass is 9.75. The summed E-state index contributed by atoms with van der Waals surface area (Å²) in [5.41, 5.74) is -0.0148. The lowest BCUT2D eigenvalue weighted by molar-refractivity contribution is -0.207. The number of allylic oxidation sites excluding steroid dienone is 2. The van der Waals surface area contributed by atoms with E-state index >= 15 is 0 Å². The summed E-state index contributed by atoms with van der Waals surface area (Å²) in [6, 6.07) is 0.